The number of nitrogens with one attached hydrogen (secondary N) is 1. The molecule has 0 bridgehead atoms. The van der Waals surface area contributed by atoms with Gasteiger partial charge in [0.15, 0.2) is 5.76 Å². The van der Waals surface area contributed by atoms with E-state index >= 15 is 0 Å². The Morgan fingerprint density at radius 1 is 1.53 bits per heavy atom. The van der Waals surface area contributed by atoms with Crippen molar-refractivity contribution >= 4 is 0 Å². The van der Waals surface area contributed by atoms with Crippen molar-refractivity contribution < 1.29 is 8.94 Å². The molecule has 3 rings (SSSR count). The molecule has 1 saturated heterocycles. The molecule has 1 aliphatic rings. The second kappa shape index (κ2) is 4.33. The minimum atomic E-state index is 0.473. The van der Waals surface area contributed by atoms with E-state index in [0.29, 0.717) is 23.5 Å². The molecule has 1 aliphatic heterocycles. The predicted molar refractivity (Wildman–Crippen MR) is 61.5 cm³/mol. The second-order valence-electron chi connectivity index (χ2n) is 4.44. The van der Waals surface area contributed by atoms with Gasteiger partial charge in [0.1, 0.15) is 0 Å². The van der Waals surface area contributed by atoms with Gasteiger partial charge in [-0.1, -0.05) is 5.16 Å². The average molecular weight is 233 g/mol. The number of furan rings is 1. The van der Waals surface area contributed by atoms with Gasteiger partial charge in [-0.25, -0.2) is 0 Å². The highest BCUT2D eigenvalue weighted by Crippen LogP contribution is 2.21. The Labute approximate surface area is 99.2 Å². The molecule has 0 saturated carbocycles. The number of hydrogen-bond acceptors (Lipinski definition) is 5. The third-order valence-electron chi connectivity index (χ3n) is 3.12. The van der Waals surface area contributed by atoms with E-state index in [4.69, 9.17) is 8.94 Å². The number of nitrogens with zero attached hydrogens (tertiary/aromatic N) is 2. The van der Waals surface area contributed by atoms with Gasteiger partial charge >= 0.3 is 0 Å². The zero-order valence-electron chi connectivity index (χ0n) is 9.77. The highest BCUT2D eigenvalue weighted by molar-refractivity contribution is 5.50. The smallest absolute Gasteiger partial charge is 0.238 e. The molecule has 0 spiro atoms. The molecule has 3 heterocycles. The molecule has 0 aromatic carbocycles. The van der Waals surface area contributed by atoms with Crippen LogP contribution in [0.2, 0.25) is 0 Å². The van der Waals surface area contributed by atoms with Crippen LogP contribution in [0.15, 0.2) is 21.3 Å². The van der Waals surface area contributed by atoms with Crippen molar-refractivity contribution in [1.29, 1.82) is 0 Å². The van der Waals surface area contributed by atoms with E-state index in [9.17, 15) is 0 Å². The molecule has 1 N–H and O–H groups in total. The van der Waals surface area contributed by atoms with Gasteiger partial charge < -0.3 is 14.3 Å². The van der Waals surface area contributed by atoms with E-state index in [2.05, 4.69) is 15.5 Å². The Morgan fingerprint density at radius 2 is 2.47 bits per heavy atom. The highest BCUT2D eigenvalue weighted by atomic mass is 16.5. The van der Waals surface area contributed by atoms with E-state index in [1.54, 1.807) is 6.26 Å². The van der Waals surface area contributed by atoms with Crippen LogP contribution in [-0.4, -0.2) is 22.7 Å². The quantitative estimate of drug-likeness (QED) is 0.877. The van der Waals surface area contributed by atoms with Gasteiger partial charge in [-0.3, -0.25) is 0 Å². The Hall–Kier alpha value is -1.62. The molecular formula is C12H15N3O2. The number of rotatable bonds is 3. The Kier molecular flexibility index (Phi) is 2.68. The molecule has 17 heavy (non-hydrogen) atoms. The van der Waals surface area contributed by atoms with Crippen molar-refractivity contribution in [3.63, 3.8) is 0 Å². The Bertz CT molecular complexity index is 497. The summed E-state index contributed by atoms with van der Waals surface area (Å²) in [6.07, 6.45) is 4.84. The molecule has 5 heteroatoms. The van der Waals surface area contributed by atoms with Crippen molar-refractivity contribution in [2.75, 3.05) is 6.54 Å². The normalized spacial score (nSPS) is 19.9. The van der Waals surface area contributed by atoms with Gasteiger partial charge in [0.2, 0.25) is 11.7 Å². The minimum Gasteiger partial charge on any atom is -0.461 e. The maximum Gasteiger partial charge on any atom is 0.238 e. The van der Waals surface area contributed by atoms with Crippen molar-refractivity contribution in [1.82, 2.24) is 15.5 Å². The van der Waals surface area contributed by atoms with Crippen LogP contribution in [0, 0.1) is 6.92 Å². The summed E-state index contributed by atoms with van der Waals surface area (Å²) in [5, 5.41) is 7.36. The second-order valence-corrected chi connectivity index (χ2v) is 4.44. The molecule has 5 nitrogen and oxygen atoms in total. The summed E-state index contributed by atoms with van der Waals surface area (Å²) in [6, 6.07) is 2.37. The highest BCUT2D eigenvalue weighted by Gasteiger charge is 2.19. The predicted octanol–water partition coefficient (Wildman–Crippen LogP) is 1.93. The summed E-state index contributed by atoms with van der Waals surface area (Å²) < 4.78 is 10.6. The van der Waals surface area contributed by atoms with Crippen molar-refractivity contribution in [2.45, 2.75) is 32.2 Å². The van der Waals surface area contributed by atoms with E-state index in [1.165, 1.54) is 12.8 Å². The van der Waals surface area contributed by atoms with Gasteiger partial charge in [0.05, 0.1) is 6.26 Å². The lowest BCUT2D eigenvalue weighted by Gasteiger charge is -2.04. The number of aryl methyl sites for hydroxylation is 1. The van der Waals surface area contributed by atoms with Gasteiger partial charge in [0.25, 0.3) is 0 Å². The van der Waals surface area contributed by atoms with Gasteiger partial charge in [-0.15, -0.1) is 0 Å². The van der Waals surface area contributed by atoms with Crippen LogP contribution in [-0.2, 0) is 6.42 Å². The lowest BCUT2D eigenvalue weighted by molar-refractivity contribution is 0.363. The monoisotopic (exact) mass is 233 g/mol. The first kappa shape index (κ1) is 10.5. The summed E-state index contributed by atoms with van der Waals surface area (Å²) in [5.74, 6) is 1.91. The molecule has 1 atom stereocenters. The molecule has 1 unspecified atom stereocenters. The Morgan fingerprint density at radius 3 is 3.18 bits per heavy atom. The molecule has 2 aromatic heterocycles. The first-order valence-corrected chi connectivity index (χ1v) is 5.93. The summed E-state index contributed by atoms with van der Waals surface area (Å²) >= 11 is 0. The molecule has 0 radical (unpaired) electrons. The average Bonchev–Trinajstić information content (AvgIpc) is 3.00. The Balaban J connectivity index is 1.76. The minimum absolute atomic E-state index is 0.473. The first-order chi connectivity index (χ1) is 8.33. The molecule has 2 aromatic rings. The maximum atomic E-state index is 5.33. The third kappa shape index (κ3) is 2.10. The fraction of sp³-hybridized carbons (Fsp3) is 0.500. The van der Waals surface area contributed by atoms with Crippen LogP contribution in [0.3, 0.4) is 0 Å². The van der Waals surface area contributed by atoms with E-state index < -0.39 is 0 Å². The van der Waals surface area contributed by atoms with Gasteiger partial charge in [-0.05, 0) is 37.9 Å². The van der Waals surface area contributed by atoms with Crippen molar-refractivity contribution in [3.8, 4) is 11.6 Å². The fourth-order valence-corrected chi connectivity index (χ4v) is 2.17. The SMILES string of the molecule is Cc1ccoc1-c1noc(CC2CCCN2)n1. The van der Waals surface area contributed by atoms with E-state index in [-0.39, 0.29) is 0 Å². The summed E-state index contributed by atoms with van der Waals surface area (Å²) in [6.45, 7) is 3.05. The first-order valence-electron chi connectivity index (χ1n) is 5.93. The summed E-state index contributed by atoms with van der Waals surface area (Å²) in [4.78, 5) is 4.37. The lowest BCUT2D eigenvalue weighted by Crippen LogP contribution is -2.23. The lowest BCUT2D eigenvalue weighted by atomic mass is 10.1. The zero-order chi connectivity index (χ0) is 11.7. The van der Waals surface area contributed by atoms with E-state index in [0.717, 1.165) is 18.5 Å². The summed E-state index contributed by atoms with van der Waals surface area (Å²) in [5.41, 5.74) is 1.02. The van der Waals surface area contributed by atoms with Crippen LogP contribution in [0.5, 0.6) is 0 Å². The van der Waals surface area contributed by atoms with Crippen molar-refractivity contribution in [2.24, 2.45) is 0 Å². The van der Waals surface area contributed by atoms with Crippen LogP contribution in [0.1, 0.15) is 24.3 Å². The van der Waals surface area contributed by atoms with Gasteiger partial charge in [0, 0.05) is 12.5 Å². The molecule has 0 amide bonds. The van der Waals surface area contributed by atoms with Crippen LogP contribution >= 0.6 is 0 Å². The fourth-order valence-electron chi connectivity index (χ4n) is 2.17. The van der Waals surface area contributed by atoms with Crippen molar-refractivity contribution in [3.05, 3.63) is 23.8 Å². The molecule has 1 fully saturated rings. The molecule has 0 aliphatic carbocycles. The zero-order valence-corrected chi connectivity index (χ0v) is 9.77. The van der Waals surface area contributed by atoms with Crippen LogP contribution in [0.25, 0.3) is 11.6 Å². The standard InChI is InChI=1S/C12H15N3O2/c1-8-4-6-16-11(8)12-14-10(17-15-12)7-9-3-2-5-13-9/h4,6,9,13H,2-3,5,7H2,1H3. The topological polar surface area (TPSA) is 64.1 Å². The largest absolute Gasteiger partial charge is 0.461 e. The van der Waals surface area contributed by atoms with E-state index in [1.807, 2.05) is 13.0 Å². The molecule has 90 valence electrons. The van der Waals surface area contributed by atoms with Gasteiger partial charge in [-0.2, -0.15) is 4.98 Å². The number of hydrogen-bond donors (Lipinski definition) is 1. The summed E-state index contributed by atoms with van der Waals surface area (Å²) in [7, 11) is 0. The number of aromatic nitrogens is 2. The molecular weight excluding hydrogens is 218 g/mol. The third-order valence-corrected chi connectivity index (χ3v) is 3.12. The van der Waals surface area contributed by atoms with Crippen LogP contribution in [0.4, 0.5) is 0 Å². The van der Waals surface area contributed by atoms with Crippen LogP contribution < -0.4 is 5.32 Å². The maximum absolute atomic E-state index is 5.33.